The van der Waals surface area contributed by atoms with Gasteiger partial charge in [0.1, 0.15) is 0 Å². The number of hydrogen-bond acceptors (Lipinski definition) is 4. The summed E-state index contributed by atoms with van der Waals surface area (Å²) in [7, 11) is 0. The molecule has 0 fully saturated rings. The zero-order valence-electron chi connectivity index (χ0n) is 10.0. The molecule has 0 bridgehead atoms. The number of unbranched alkanes of at least 4 members (excludes halogenated alkanes) is 3. The van der Waals surface area contributed by atoms with Gasteiger partial charge in [0.15, 0.2) is 6.10 Å². The first-order chi connectivity index (χ1) is 8.07. The maximum atomic E-state index is 11.3. The summed E-state index contributed by atoms with van der Waals surface area (Å²) >= 11 is 0. The lowest BCUT2D eigenvalue weighted by molar-refractivity contribution is -0.147. The first kappa shape index (κ1) is 15.9. The van der Waals surface area contributed by atoms with Crippen molar-refractivity contribution in [3.8, 4) is 0 Å². The molecule has 0 aliphatic heterocycles. The summed E-state index contributed by atoms with van der Waals surface area (Å²) in [6.45, 7) is 0.869. The fourth-order valence-electron chi connectivity index (χ4n) is 1.34. The van der Waals surface area contributed by atoms with E-state index in [9.17, 15) is 9.59 Å². The quantitative estimate of drug-likeness (QED) is 0.400. The van der Waals surface area contributed by atoms with Gasteiger partial charge in [-0.05, 0) is 19.4 Å². The molecule has 0 spiro atoms. The van der Waals surface area contributed by atoms with Gasteiger partial charge < -0.3 is 21.3 Å². The molecule has 0 aromatic heterocycles. The maximum Gasteiger partial charge on any atom is 0.332 e. The Kier molecular flexibility index (Phi) is 9.37. The normalized spacial score (nSPS) is 12.1. The van der Waals surface area contributed by atoms with Crippen LogP contribution in [0.15, 0.2) is 0 Å². The molecule has 0 rings (SSSR count). The summed E-state index contributed by atoms with van der Waals surface area (Å²) < 4.78 is 0. The third kappa shape index (κ3) is 9.77. The second-order valence-corrected chi connectivity index (χ2v) is 3.95. The number of aliphatic hydroxyl groups excluding tert-OH is 1. The topological polar surface area (TPSA) is 113 Å². The maximum absolute atomic E-state index is 11.3. The van der Waals surface area contributed by atoms with Crippen molar-refractivity contribution in [3.63, 3.8) is 0 Å². The largest absolute Gasteiger partial charge is 0.479 e. The lowest BCUT2D eigenvalue weighted by Crippen LogP contribution is -2.29. The van der Waals surface area contributed by atoms with Crippen molar-refractivity contribution in [2.45, 2.75) is 44.6 Å². The highest BCUT2D eigenvalue weighted by atomic mass is 16.4. The highest BCUT2D eigenvalue weighted by molar-refractivity contribution is 5.76. The Balaban J connectivity index is 3.38. The van der Waals surface area contributed by atoms with E-state index in [0.717, 1.165) is 25.7 Å². The van der Waals surface area contributed by atoms with Crippen molar-refractivity contribution in [2.24, 2.45) is 5.73 Å². The van der Waals surface area contributed by atoms with E-state index >= 15 is 0 Å². The number of carbonyl (C=O) groups excluding carboxylic acids is 1. The number of carbonyl (C=O) groups is 2. The van der Waals surface area contributed by atoms with Gasteiger partial charge in [0, 0.05) is 19.4 Å². The smallest absolute Gasteiger partial charge is 0.332 e. The van der Waals surface area contributed by atoms with Crippen molar-refractivity contribution in [2.75, 3.05) is 13.1 Å². The van der Waals surface area contributed by atoms with Gasteiger partial charge >= 0.3 is 5.97 Å². The molecule has 0 saturated carbocycles. The first-order valence-electron chi connectivity index (χ1n) is 5.95. The number of nitrogens with two attached hydrogens (primary N) is 1. The molecule has 17 heavy (non-hydrogen) atoms. The van der Waals surface area contributed by atoms with Crippen LogP contribution in [0.1, 0.15) is 38.5 Å². The Hall–Kier alpha value is -1.14. The molecule has 0 aromatic rings. The molecule has 1 amide bonds. The summed E-state index contributed by atoms with van der Waals surface area (Å²) in [6.07, 6.45) is 2.87. The minimum atomic E-state index is -1.40. The second kappa shape index (κ2) is 10.0. The summed E-state index contributed by atoms with van der Waals surface area (Å²) in [4.78, 5) is 21.5. The molecule has 0 radical (unpaired) electrons. The van der Waals surface area contributed by atoms with Crippen molar-refractivity contribution < 1.29 is 19.8 Å². The third-order valence-electron chi connectivity index (χ3n) is 2.38. The van der Waals surface area contributed by atoms with Crippen LogP contribution in [0.2, 0.25) is 0 Å². The van der Waals surface area contributed by atoms with Crippen LogP contribution in [0.4, 0.5) is 0 Å². The predicted molar refractivity (Wildman–Crippen MR) is 63.4 cm³/mol. The van der Waals surface area contributed by atoms with E-state index in [-0.39, 0.29) is 18.9 Å². The Morgan fingerprint density at radius 2 is 1.82 bits per heavy atom. The zero-order valence-corrected chi connectivity index (χ0v) is 10.0. The van der Waals surface area contributed by atoms with Crippen LogP contribution in [0, 0.1) is 0 Å². The molecular weight excluding hydrogens is 224 g/mol. The molecule has 0 saturated heterocycles. The summed E-state index contributed by atoms with van der Waals surface area (Å²) in [5.41, 5.74) is 5.34. The van der Waals surface area contributed by atoms with E-state index in [0.29, 0.717) is 13.0 Å². The summed E-state index contributed by atoms with van der Waals surface area (Å²) in [5.74, 6) is -1.36. The number of nitrogens with one attached hydrogen (secondary N) is 1. The standard InChI is InChI=1S/C11H22N2O4/c12-7-4-2-1-3-5-10(15)13-8-6-9(14)11(16)17/h9,14H,1-8,12H2,(H,13,15)(H,16,17)/t9-/m0/s1. The predicted octanol–water partition coefficient (Wildman–Crippen LogP) is -0.153. The fraction of sp³-hybridized carbons (Fsp3) is 0.818. The van der Waals surface area contributed by atoms with Gasteiger partial charge in [0.05, 0.1) is 0 Å². The van der Waals surface area contributed by atoms with Crippen LogP contribution in [0.25, 0.3) is 0 Å². The molecule has 6 nitrogen and oxygen atoms in total. The van der Waals surface area contributed by atoms with E-state index < -0.39 is 12.1 Å². The fourth-order valence-corrected chi connectivity index (χ4v) is 1.34. The van der Waals surface area contributed by atoms with Crippen molar-refractivity contribution in [1.82, 2.24) is 5.32 Å². The highest BCUT2D eigenvalue weighted by Gasteiger charge is 2.12. The molecule has 1 atom stereocenters. The molecule has 100 valence electrons. The number of aliphatic carboxylic acids is 1. The highest BCUT2D eigenvalue weighted by Crippen LogP contribution is 2.02. The van der Waals surface area contributed by atoms with Gasteiger partial charge in [-0.15, -0.1) is 0 Å². The number of carboxylic acids is 1. The minimum absolute atomic E-state index is 0.0360. The monoisotopic (exact) mass is 246 g/mol. The zero-order chi connectivity index (χ0) is 13.1. The van der Waals surface area contributed by atoms with Gasteiger partial charge in [0.25, 0.3) is 0 Å². The third-order valence-corrected chi connectivity index (χ3v) is 2.38. The molecule has 6 heteroatoms. The Morgan fingerprint density at radius 3 is 2.41 bits per heavy atom. The van der Waals surface area contributed by atoms with Crippen LogP contribution in [0.3, 0.4) is 0 Å². The molecule has 0 aliphatic rings. The SMILES string of the molecule is NCCCCCCC(=O)NCC[C@H](O)C(=O)O. The van der Waals surface area contributed by atoms with Gasteiger partial charge in [-0.1, -0.05) is 12.8 Å². The van der Waals surface area contributed by atoms with E-state index in [1.807, 2.05) is 0 Å². The number of hydrogen-bond donors (Lipinski definition) is 4. The van der Waals surface area contributed by atoms with E-state index in [4.69, 9.17) is 15.9 Å². The van der Waals surface area contributed by atoms with Crippen molar-refractivity contribution >= 4 is 11.9 Å². The van der Waals surface area contributed by atoms with Gasteiger partial charge in [-0.2, -0.15) is 0 Å². The van der Waals surface area contributed by atoms with E-state index in [1.165, 1.54) is 0 Å². The number of amides is 1. The van der Waals surface area contributed by atoms with Crippen LogP contribution in [-0.4, -0.2) is 41.3 Å². The van der Waals surface area contributed by atoms with E-state index in [1.54, 1.807) is 0 Å². The van der Waals surface area contributed by atoms with Crippen molar-refractivity contribution in [1.29, 1.82) is 0 Å². The van der Waals surface area contributed by atoms with Crippen LogP contribution < -0.4 is 11.1 Å². The number of aliphatic hydroxyl groups is 1. The van der Waals surface area contributed by atoms with Crippen LogP contribution in [-0.2, 0) is 9.59 Å². The minimum Gasteiger partial charge on any atom is -0.479 e. The Bertz CT molecular complexity index is 234. The molecule has 0 aliphatic carbocycles. The Morgan fingerprint density at radius 1 is 1.18 bits per heavy atom. The lowest BCUT2D eigenvalue weighted by Gasteiger charge is -2.07. The number of rotatable bonds is 10. The number of carboxylic acid groups (broad SMARTS) is 1. The van der Waals surface area contributed by atoms with Gasteiger partial charge in [-0.3, -0.25) is 4.79 Å². The molecular formula is C11H22N2O4. The van der Waals surface area contributed by atoms with Gasteiger partial charge in [0.2, 0.25) is 5.91 Å². The summed E-state index contributed by atoms with van der Waals surface area (Å²) in [6, 6.07) is 0. The lowest BCUT2D eigenvalue weighted by atomic mass is 10.1. The molecule has 0 aromatic carbocycles. The van der Waals surface area contributed by atoms with Crippen molar-refractivity contribution in [3.05, 3.63) is 0 Å². The molecule has 5 N–H and O–H groups in total. The van der Waals surface area contributed by atoms with Crippen LogP contribution in [0.5, 0.6) is 0 Å². The molecule has 0 heterocycles. The second-order valence-electron chi connectivity index (χ2n) is 3.95. The first-order valence-corrected chi connectivity index (χ1v) is 5.95. The van der Waals surface area contributed by atoms with E-state index in [2.05, 4.69) is 5.32 Å². The average Bonchev–Trinajstić information content (AvgIpc) is 2.28. The van der Waals surface area contributed by atoms with Gasteiger partial charge in [-0.25, -0.2) is 4.79 Å². The molecule has 0 unspecified atom stereocenters. The summed E-state index contributed by atoms with van der Waals surface area (Å²) in [5, 5.41) is 19.9. The average molecular weight is 246 g/mol. The van der Waals surface area contributed by atoms with Crippen LogP contribution >= 0.6 is 0 Å². The Labute approximate surface area is 101 Å².